The average molecular weight is 539 g/mol. The number of hydrogen-bond donors (Lipinski definition) is 3. The van der Waals surface area contributed by atoms with Crippen LogP contribution in [0.25, 0.3) is 5.76 Å². The van der Waals surface area contributed by atoms with Crippen molar-refractivity contribution in [3.8, 4) is 0 Å². The number of aliphatic hydroxyl groups excluding tert-OH is 1. The van der Waals surface area contributed by atoms with E-state index in [0.717, 1.165) is 12.1 Å². The van der Waals surface area contributed by atoms with Gasteiger partial charge in [0.05, 0.1) is 31.9 Å². The molecule has 14 heteroatoms. The number of allylic oxidation sites excluding steroid dienone is 1. The third-order valence-corrected chi connectivity index (χ3v) is 5.19. The predicted molar refractivity (Wildman–Crippen MR) is 107 cm³/mol. The Hall–Kier alpha value is -2.50. The highest BCUT2D eigenvalue weighted by Gasteiger charge is 2.73. The van der Waals surface area contributed by atoms with Crippen LogP contribution in [-0.2, 0) is 5.67 Å². The van der Waals surface area contributed by atoms with Gasteiger partial charge < -0.3 is 15.6 Å². The van der Waals surface area contributed by atoms with Crippen LogP contribution in [0.1, 0.15) is 27.0 Å². The summed E-state index contributed by atoms with van der Waals surface area (Å²) in [5, 5.41) is 25.1. The lowest BCUT2D eigenvalue weighted by atomic mass is 9.92. The van der Waals surface area contributed by atoms with Gasteiger partial charge in [0.15, 0.2) is 0 Å². The smallest absolute Gasteiger partial charge is 0.435 e. The molecule has 0 radical (unpaired) electrons. The minimum atomic E-state index is -6.41. The fourth-order valence-corrected chi connectivity index (χ4v) is 3.53. The van der Waals surface area contributed by atoms with Gasteiger partial charge in [0, 0.05) is 17.2 Å². The maximum atomic E-state index is 14.3. The lowest BCUT2D eigenvalue weighted by Gasteiger charge is -2.30. The van der Waals surface area contributed by atoms with Gasteiger partial charge in [-0.05, 0) is 24.3 Å². The van der Waals surface area contributed by atoms with Gasteiger partial charge in [0.1, 0.15) is 5.76 Å². The minimum Gasteiger partial charge on any atom is -0.507 e. The zero-order valence-electron chi connectivity index (χ0n) is 15.5. The van der Waals surface area contributed by atoms with Crippen molar-refractivity contribution in [3.63, 3.8) is 0 Å². The van der Waals surface area contributed by atoms with Gasteiger partial charge in [-0.1, -0.05) is 40.9 Å². The van der Waals surface area contributed by atoms with Crippen molar-refractivity contribution >= 4 is 52.2 Å². The van der Waals surface area contributed by atoms with Crippen LogP contribution in [0.15, 0.2) is 36.4 Å². The van der Waals surface area contributed by atoms with Crippen molar-refractivity contribution in [2.75, 3.05) is 0 Å². The van der Waals surface area contributed by atoms with Crippen molar-refractivity contribution < 1.29 is 45.7 Å². The summed E-state index contributed by atoms with van der Waals surface area (Å²) in [5.74, 6) is -2.40. The highest BCUT2D eigenvalue weighted by molar-refractivity contribution is 6.38. The van der Waals surface area contributed by atoms with Gasteiger partial charge in [-0.3, -0.25) is 0 Å². The summed E-state index contributed by atoms with van der Waals surface area (Å²) in [6.07, 6.45) is -12.2. The second-order valence-corrected chi connectivity index (χ2v) is 7.63. The molecule has 0 aliphatic rings. The van der Waals surface area contributed by atoms with Crippen molar-refractivity contribution in [3.05, 3.63) is 73.7 Å². The summed E-state index contributed by atoms with van der Waals surface area (Å²) >= 11 is 17.1. The Morgan fingerprint density at radius 3 is 1.76 bits per heavy atom. The van der Waals surface area contributed by atoms with Crippen molar-refractivity contribution in [1.29, 1.82) is 5.41 Å². The molecule has 0 aliphatic carbocycles. The number of carboxylic acids is 1. The van der Waals surface area contributed by atoms with Crippen molar-refractivity contribution in [1.82, 2.24) is 0 Å². The third kappa shape index (κ3) is 5.04. The number of aromatic carboxylic acids is 1. The van der Waals surface area contributed by atoms with E-state index in [1.807, 2.05) is 0 Å². The third-order valence-electron chi connectivity index (χ3n) is 4.27. The van der Waals surface area contributed by atoms with E-state index in [-0.39, 0.29) is 28.3 Å². The number of carboxylic acid groups (broad SMARTS) is 1. The molecule has 0 spiro atoms. The summed E-state index contributed by atoms with van der Waals surface area (Å²) in [6.45, 7) is 0. The van der Waals surface area contributed by atoms with Crippen molar-refractivity contribution in [2.45, 2.75) is 18.0 Å². The second-order valence-electron chi connectivity index (χ2n) is 6.41. The number of benzene rings is 2. The molecule has 2 aromatic carbocycles. The molecule has 0 bridgehead atoms. The largest absolute Gasteiger partial charge is 0.507 e. The molecule has 0 saturated carbocycles. The molecule has 0 aliphatic heterocycles. The van der Waals surface area contributed by atoms with Crippen LogP contribution < -0.4 is 0 Å². The van der Waals surface area contributed by atoms with E-state index in [0.29, 0.717) is 6.08 Å². The van der Waals surface area contributed by atoms with E-state index in [1.165, 1.54) is 6.07 Å². The molecule has 0 atom stereocenters. The molecular formula is C19H9Cl3F7NO3. The normalized spacial score (nSPS) is 13.2. The zero-order valence-corrected chi connectivity index (χ0v) is 17.8. The number of aliphatic hydroxyl groups is 1. The second kappa shape index (κ2) is 9.03. The number of halogens is 10. The number of nitrogens with one attached hydrogen (secondary N) is 1. The summed E-state index contributed by atoms with van der Waals surface area (Å²) in [4.78, 5) is 11.1. The van der Waals surface area contributed by atoms with Crippen LogP contribution in [0.2, 0.25) is 15.1 Å². The Morgan fingerprint density at radius 2 is 1.33 bits per heavy atom. The fourth-order valence-electron chi connectivity index (χ4n) is 2.65. The Bertz CT molecular complexity index is 1120. The summed E-state index contributed by atoms with van der Waals surface area (Å²) in [5.41, 5.74) is -9.46. The summed E-state index contributed by atoms with van der Waals surface area (Å²) in [6, 6.07) is 3.33. The average Bonchev–Trinajstić information content (AvgIpc) is 2.64. The number of alkyl halides is 7. The topological polar surface area (TPSA) is 81.4 Å². The molecule has 0 amide bonds. The first-order chi connectivity index (χ1) is 14.9. The van der Waals surface area contributed by atoms with Gasteiger partial charge in [0.25, 0.3) is 0 Å². The van der Waals surface area contributed by atoms with Crippen LogP contribution in [0.3, 0.4) is 0 Å². The predicted octanol–water partition coefficient (Wildman–Crippen LogP) is 7.60. The number of rotatable bonds is 5. The van der Waals surface area contributed by atoms with Gasteiger partial charge in [-0.25, -0.2) is 9.18 Å². The molecule has 0 aromatic heterocycles. The Labute approximate surface area is 195 Å². The first-order valence-corrected chi connectivity index (χ1v) is 9.40. The standard InChI is InChI=1S/C19H9Cl3F7NO3/c20-10-2-1-7(3-9(10)16(32)33)13(30)6-14(31)15-11(21)4-8(5-12(15)22)17(23,18(24,25)26)19(27,28)29/h1-6,30-31H,(H,32,33)/b14-6-,30-13?. The van der Waals surface area contributed by atoms with E-state index < -0.39 is 56.6 Å². The molecule has 3 N–H and O–H groups in total. The van der Waals surface area contributed by atoms with E-state index in [4.69, 9.17) is 45.3 Å². The molecule has 4 nitrogen and oxygen atoms in total. The van der Waals surface area contributed by atoms with Crippen LogP contribution in [0.5, 0.6) is 0 Å². The molecule has 33 heavy (non-hydrogen) atoms. The van der Waals surface area contributed by atoms with Crippen LogP contribution in [0, 0.1) is 5.41 Å². The molecular weight excluding hydrogens is 530 g/mol. The molecule has 2 aromatic rings. The monoisotopic (exact) mass is 537 g/mol. The SMILES string of the molecule is N=C(/C=C(\O)c1c(Cl)cc(C(F)(C(F)(F)F)C(F)(F)F)cc1Cl)c1ccc(Cl)c(C(=O)O)c1. The molecule has 0 heterocycles. The maximum absolute atomic E-state index is 14.3. The first kappa shape index (κ1) is 26.7. The number of carbonyl (C=O) groups is 1. The highest BCUT2D eigenvalue weighted by Crippen LogP contribution is 2.54. The van der Waals surface area contributed by atoms with Gasteiger partial charge in [0.2, 0.25) is 0 Å². The van der Waals surface area contributed by atoms with Crippen LogP contribution in [-0.4, -0.2) is 34.2 Å². The van der Waals surface area contributed by atoms with Crippen LogP contribution >= 0.6 is 34.8 Å². The van der Waals surface area contributed by atoms with E-state index in [1.54, 1.807) is 0 Å². The van der Waals surface area contributed by atoms with Gasteiger partial charge in [-0.2, -0.15) is 26.3 Å². The van der Waals surface area contributed by atoms with E-state index >= 15 is 0 Å². The van der Waals surface area contributed by atoms with E-state index in [2.05, 4.69) is 0 Å². The van der Waals surface area contributed by atoms with Crippen molar-refractivity contribution in [2.24, 2.45) is 0 Å². The fraction of sp³-hybridized carbons (Fsp3) is 0.158. The summed E-state index contributed by atoms with van der Waals surface area (Å²) in [7, 11) is 0. The highest BCUT2D eigenvalue weighted by atomic mass is 35.5. The Morgan fingerprint density at radius 1 is 0.848 bits per heavy atom. The Kier molecular flexibility index (Phi) is 7.32. The van der Waals surface area contributed by atoms with Gasteiger partial charge >= 0.3 is 24.0 Å². The molecule has 0 saturated heterocycles. The maximum Gasteiger partial charge on any atom is 0.435 e. The zero-order chi connectivity index (χ0) is 25.5. The quantitative estimate of drug-likeness (QED) is 0.208. The first-order valence-electron chi connectivity index (χ1n) is 8.26. The van der Waals surface area contributed by atoms with Crippen LogP contribution in [0.4, 0.5) is 30.7 Å². The number of hydrogen-bond acceptors (Lipinski definition) is 3. The molecule has 0 fully saturated rings. The van der Waals surface area contributed by atoms with E-state index in [9.17, 15) is 40.6 Å². The summed E-state index contributed by atoms with van der Waals surface area (Å²) < 4.78 is 92.0. The lowest BCUT2D eigenvalue weighted by molar-refractivity contribution is -0.348. The molecule has 178 valence electrons. The lowest BCUT2D eigenvalue weighted by Crippen LogP contribution is -2.50. The van der Waals surface area contributed by atoms with Gasteiger partial charge in [-0.15, -0.1) is 0 Å². The Balaban J connectivity index is 2.57. The minimum absolute atomic E-state index is 0.00223. The molecule has 0 unspecified atom stereocenters. The molecule has 2 rings (SSSR count).